The van der Waals surface area contributed by atoms with Gasteiger partial charge < -0.3 is 5.32 Å². The highest BCUT2D eigenvalue weighted by Crippen LogP contribution is 2.63. The maximum absolute atomic E-state index is 11.4. The molecular formula is C14H24N2O2. The number of carbonyl (C=O) groups excluding carboxylic acids is 1. The van der Waals surface area contributed by atoms with Gasteiger partial charge in [0.25, 0.3) is 0 Å². The molecule has 0 radical (unpaired) electrons. The monoisotopic (exact) mass is 252 g/mol. The molecule has 0 aromatic rings. The van der Waals surface area contributed by atoms with E-state index in [1.807, 2.05) is 6.92 Å². The number of rotatable bonds is 3. The number of oxime groups is 1. The summed E-state index contributed by atoms with van der Waals surface area (Å²) >= 11 is 0. The normalized spacial score (nSPS) is 34.9. The second kappa shape index (κ2) is 4.56. The van der Waals surface area contributed by atoms with Crippen molar-refractivity contribution in [2.45, 2.75) is 53.4 Å². The third-order valence-electron chi connectivity index (χ3n) is 5.27. The van der Waals surface area contributed by atoms with Crippen molar-refractivity contribution in [1.29, 1.82) is 0 Å². The molecule has 2 aliphatic carbocycles. The third kappa shape index (κ3) is 1.91. The van der Waals surface area contributed by atoms with Gasteiger partial charge in [-0.05, 0) is 37.0 Å². The molecule has 0 spiro atoms. The summed E-state index contributed by atoms with van der Waals surface area (Å²) in [5.41, 5.74) is 1.44. The molecule has 0 heterocycles. The van der Waals surface area contributed by atoms with Gasteiger partial charge in [-0.15, -0.1) is 0 Å². The van der Waals surface area contributed by atoms with Crippen molar-refractivity contribution in [3.8, 4) is 0 Å². The minimum absolute atomic E-state index is 0.0999. The summed E-state index contributed by atoms with van der Waals surface area (Å²) in [5.74, 6) is 0.684. The number of hydrogen-bond acceptors (Lipinski definition) is 3. The first-order valence-corrected chi connectivity index (χ1v) is 6.94. The maximum Gasteiger partial charge on any atom is 0.433 e. The van der Waals surface area contributed by atoms with Crippen LogP contribution in [0.3, 0.4) is 0 Å². The summed E-state index contributed by atoms with van der Waals surface area (Å²) in [6.45, 7) is 9.52. The number of nitrogens with one attached hydrogen (secondary N) is 1. The highest BCUT2D eigenvalue weighted by Gasteiger charge is 2.60. The predicted octanol–water partition coefficient (Wildman–Crippen LogP) is 3.32. The fourth-order valence-electron chi connectivity index (χ4n) is 3.42. The van der Waals surface area contributed by atoms with E-state index >= 15 is 0 Å². The third-order valence-corrected chi connectivity index (χ3v) is 5.27. The van der Waals surface area contributed by atoms with Crippen LogP contribution in [-0.4, -0.2) is 18.3 Å². The maximum atomic E-state index is 11.4. The molecule has 2 atom stereocenters. The molecule has 2 fully saturated rings. The van der Waals surface area contributed by atoms with E-state index in [2.05, 4.69) is 31.2 Å². The van der Waals surface area contributed by atoms with Crippen molar-refractivity contribution in [3.63, 3.8) is 0 Å². The zero-order valence-electron chi connectivity index (χ0n) is 11.9. The lowest BCUT2D eigenvalue weighted by molar-refractivity contribution is 0.146. The molecule has 102 valence electrons. The number of carbonyl (C=O) groups is 1. The van der Waals surface area contributed by atoms with E-state index < -0.39 is 6.09 Å². The highest BCUT2D eigenvalue weighted by atomic mass is 16.7. The first-order chi connectivity index (χ1) is 8.41. The van der Waals surface area contributed by atoms with Crippen LogP contribution in [0, 0.1) is 16.7 Å². The fourth-order valence-corrected chi connectivity index (χ4v) is 3.42. The largest absolute Gasteiger partial charge is 0.433 e. The lowest BCUT2D eigenvalue weighted by atomic mass is 9.70. The van der Waals surface area contributed by atoms with Crippen LogP contribution in [0.1, 0.15) is 53.4 Å². The molecule has 1 N–H and O–H groups in total. The van der Waals surface area contributed by atoms with E-state index in [0.717, 1.165) is 25.0 Å². The molecule has 2 saturated carbocycles. The average Bonchev–Trinajstić information content (AvgIpc) is 2.66. The number of amides is 1. The van der Waals surface area contributed by atoms with Crippen LogP contribution in [0.25, 0.3) is 0 Å². The Morgan fingerprint density at radius 2 is 2.22 bits per heavy atom. The zero-order chi connectivity index (χ0) is 13.4. The van der Waals surface area contributed by atoms with E-state index in [1.165, 1.54) is 6.42 Å². The standard InChI is InChI=1S/C14H24N2O2/c1-5-8-15-12(17)18-16-11-9-10-6-7-14(11,4)13(10,2)3/h10H,5-9H2,1-4H3,(H,15,17)/b16-11-. The Morgan fingerprint density at radius 1 is 1.50 bits per heavy atom. The molecule has 4 nitrogen and oxygen atoms in total. The van der Waals surface area contributed by atoms with Crippen LogP contribution in [0.15, 0.2) is 5.16 Å². The summed E-state index contributed by atoms with van der Waals surface area (Å²) in [4.78, 5) is 16.4. The minimum atomic E-state index is -0.437. The van der Waals surface area contributed by atoms with Gasteiger partial charge in [0.2, 0.25) is 0 Å². The molecule has 0 aromatic carbocycles. The van der Waals surface area contributed by atoms with Gasteiger partial charge in [-0.2, -0.15) is 0 Å². The van der Waals surface area contributed by atoms with Crippen LogP contribution < -0.4 is 5.32 Å². The molecule has 2 rings (SSSR count). The second-order valence-corrected chi connectivity index (χ2v) is 6.34. The molecular weight excluding hydrogens is 228 g/mol. The minimum Gasteiger partial charge on any atom is -0.320 e. The Kier molecular flexibility index (Phi) is 3.39. The quantitative estimate of drug-likeness (QED) is 0.618. The van der Waals surface area contributed by atoms with Crippen LogP contribution >= 0.6 is 0 Å². The zero-order valence-corrected chi connectivity index (χ0v) is 11.9. The Labute approximate surface area is 109 Å². The number of hydrogen-bond donors (Lipinski definition) is 1. The average molecular weight is 252 g/mol. The molecule has 18 heavy (non-hydrogen) atoms. The van der Waals surface area contributed by atoms with Crippen molar-refractivity contribution < 1.29 is 9.63 Å². The van der Waals surface area contributed by atoms with Gasteiger partial charge in [-0.25, -0.2) is 4.79 Å². The van der Waals surface area contributed by atoms with Crippen molar-refractivity contribution in [2.24, 2.45) is 21.9 Å². The van der Waals surface area contributed by atoms with Crippen LogP contribution in [0.5, 0.6) is 0 Å². The molecule has 2 aliphatic rings. The van der Waals surface area contributed by atoms with Crippen molar-refractivity contribution in [3.05, 3.63) is 0 Å². The van der Waals surface area contributed by atoms with Gasteiger partial charge in [-0.3, -0.25) is 4.84 Å². The van der Waals surface area contributed by atoms with Crippen LogP contribution in [0.4, 0.5) is 4.79 Å². The Hall–Kier alpha value is -1.06. The molecule has 2 unspecified atom stereocenters. The van der Waals surface area contributed by atoms with Crippen LogP contribution in [0.2, 0.25) is 0 Å². The molecule has 4 heteroatoms. The lowest BCUT2D eigenvalue weighted by Gasteiger charge is -2.34. The highest BCUT2D eigenvalue weighted by molar-refractivity contribution is 5.94. The first kappa shape index (κ1) is 13.4. The first-order valence-electron chi connectivity index (χ1n) is 6.94. The second-order valence-electron chi connectivity index (χ2n) is 6.34. The molecule has 1 amide bonds. The van der Waals surface area contributed by atoms with Crippen molar-refractivity contribution in [2.75, 3.05) is 6.54 Å². The van der Waals surface area contributed by atoms with Crippen molar-refractivity contribution in [1.82, 2.24) is 5.32 Å². The van der Waals surface area contributed by atoms with E-state index in [1.54, 1.807) is 0 Å². The Bertz CT molecular complexity index is 376. The number of nitrogens with zero attached hydrogens (tertiary/aromatic N) is 1. The molecule has 0 aromatic heterocycles. The lowest BCUT2D eigenvalue weighted by Crippen LogP contribution is -2.33. The van der Waals surface area contributed by atoms with Gasteiger partial charge >= 0.3 is 6.09 Å². The van der Waals surface area contributed by atoms with Crippen LogP contribution in [-0.2, 0) is 4.84 Å². The van der Waals surface area contributed by atoms with E-state index in [0.29, 0.717) is 12.5 Å². The summed E-state index contributed by atoms with van der Waals surface area (Å²) in [5, 5.41) is 6.80. The summed E-state index contributed by atoms with van der Waals surface area (Å²) in [6.07, 6.45) is 3.87. The number of fused-ring (bicyclic) bond motifs is 2. The van der Waals surface area contributed by atoms with Gasteiger partial charge in [0.05, 0.1) is 5.71 Å². The summed E-state index contributed by atoms with van der Waals surface area (Å²) < 4.78 is 0. The van der Waals surface area contributed by atoms with E-state index in [9.17, 15) is 4.79 Å². The fraction of sp³-hybridized carbons (Fsp3) is 0.857. The molecule has 0 saturated heterocycles. The molecule has 0 aliphatic heterocycles. The van der Waals surface area contributed by atoms with E-state index in [-0.39, 0.29) is 10.8 Å². The van der Waals surface area contributed by atoms with Crippen molar-refractivity contribution >= 4 is 11.8 Å². The van der Waals surface area contributed by atoms with Gasteiger partial charge in [-0.1, -0.05) is 32.9 Å². The smallest absolute Gasteiger partial charge is 0.320 e. The van der Waals surface area contributed by atoms with E-state index in [4.69, 9.17) is 4.84 Å². The summed E-state index contributed by atoms with van der Waals surface area (Å²) in [7, 11) is 0. The SMILES string of the molecule is CCCNC(=O)O/N=C1/CC2CCC1(C)C2(C)C. The van der Waals surface area contributed by atoms with Gasteiger partial charge in [0.15, 0.2) is 0 Å². The molecule has 2 bridgehead atoms. The van der Waals surface area contributed by atoms with Gasteiger partial charge in [0, 0.05) is 12.0 Å². The Balaban J connectivity index is 2.01. The van der Waals surface area contributed by atoms with Gasteiger partial charge in [0.1, 0.15) is 0 Å². The Morgan fingerprint density at radius 3 is 2.72 bits per heavy atom. The summed E-state index contributed by atoms with van der Waals surface area (Å²) in [6, 6.07) is 0. The predicted molar refractivity (Wildman–Crippen MR) is 71.4 cm³/mol. The topological polar surface area (TPSA) is 50.7 Å².